The smallest absolute Gasteiger partial charge is 0.348 e. The van der Waals surface area contributed by atoms with Crippen LogP contribution in [0.25, 0.3) is 10.1 Å². The van der Waals surface area contributed by atoms with Gasteiger partial charge in [-0.1, -0.05) is 6.07 Å². The maximum atomic E-state index is 13.6. The van der Waals surface area contributed by atoms with Crippen LogP contribution in [-0.4, -0.2) is 18.5 Å². The number of thiophene rings is 1. The molecule has 0 aliphatic heterocycles. The maximum Gasteiger partial charge on any atom is 0.348 e. The van der Waals surface area contributed by atoms with E-state index < -0.39 is 35.9 Å². The van der Waals surface area contributed by atoms with Crippen molar-refractivity contribution < 1.29 is 27.5 Å². The minimum absolute atomic E-state index is 0.129. The molecule has 3 rings (SSSR count). The molecule has 2 aromatic carbocycles. The van der Waals surface area contributed by atoms with Gasteiger partial charge >= 0.3 is 5.97 Å². The van der Waals surface area contributed by atoms with Crippen LogP contribution in [0.15, 0.2) is 42.5 Å². The first kappa shape index (κ1) is 17.0. The molecule has 0 fully saturated rings. The zero-order chi connectivity index (χ0) is 18.0. The van der Waals surface area contributed by atoms with E-state index in [-0.39, 0.29) is 16.0 Å². The van der Waals surface area contributed by atoms with Gasteiger partial charge in [-0.05, 0) is 30.3 Å². The molecule has 0 unspecified atom stereocenters. The van der Waals surface area contributed by atoms with Gasteiger partial charge in [0.15, 0.2) is 6.61 Å². The number of hydrogen-bond donors (Lipinski definition) is 1. The molecule has 1 heterocycles. The SMILES string of the molecule is O=C(COC(=O)c1cc2c(F)cccc2s1)Nc1cc(F)ccc1F. The molecular weight excluding hydrogens is 355 g/mol. The summed E-state index contributed by atoms with van der Waals surface area (Å²) >= 11 is 1.02. The minimum Gasteiger partial charge on any atom is -0.451 e. The van der Waals surface area contributed by atoms with E-state index >= 15 is 0 Å². The Bertz CT molecular complexity index is 971. The Hall–Kier alpha value is -2.87. The van der Waals surface area contributed by atoms with E-state index in [1.54, 1.807) is 6.07 Å². The number of benzene rings is 2. The predicted molar refractivity (Wildman–Crippen MR) is 87.1 cm³/mol. The van der Waals surface area contributed by atoms with Crippen molar-refractivity contribution in [2.45, 2.75) is 0 Å². The maximum absolute atomic E-state index is 13.6. The summed E-state index contributed by atoms with van der Waals surface area (Å²) in [4.78, 5) is 23.8. The molecule has 1 aromatic heterocycles. The topological polar surface area (TPSA) is 55.4 Å². The first-order valence-electron chi connectivity index (χ1n) is 7.04. The van der Waals surface area contributed by atoms with Crippen LogP contribution in [-0.2, 0) is 9.53 Å². The molecule has 128 valence electrons. The molecule has 0 saturated carbocycles. The van der Waals surface area contributed by atoms with Crippen molar-refractivity contribution in [3.8, 4) is 0 Å². The number of rotatable bonds is 4. The van der Waals surface area contributed by atoms with Crippen molar-refractivity contribution in [3.63, 3.8) is 0 Å². The van der Waals surface area contributed by atoms with Gasteiger partial charge < -0.3 is 10.1 Å². The first-order chi connectivity index (χ1) is 11.9. The van der Waals surface area contributed by atoms with Crippen molar-refractivity contribution in [2.24, 2.45) is 0 Å². The Morgan fingerprint density at radius 2 is 1.84 bits per heavy atom. The lowest BCUT2D eigenvalue weighted by Crippen LogP contribution is -2.21. The predicted octanol–water partition coefficient (Wildman–Crippen LogP) is 4.11. The van der Waals surface area contributed by atoms with Crippen molar-refractivity contribution >= 4 is 39.0 Å². The van der Waals surface area contributed by atoms with E-state index in [2.05, 4.69) is 5.32 Å². The van der Waals surface area contributed by atoms with Crippen molar-refractivity contribution in [3.05, 3.63) is 64.8 Å². The summed E-state index contributed by atoms with van der Waals surface area (Å²) in [6.07, 6.45) is 0. The molecule has 3 aromatic rings. The van der Waals surface area contributed by atoms with Gasteiger partial charge in [0.25, 0.3) is 5.91 Å². The lowest BCUT2D eigenvalue weighted by atomic mass is 10.2. The van der Waals surface area contributed by atoms with Gasteiger partial charge in [-0.2, -0.15) is 0 Å². The number of carbonyl (C=O) groups excluding carboxylic acids is 2. The van der Waals surface area contributed by atoms with E-state index in [1.165, 1.54) is 18.2 Å². The second-order valence-corrected chi connectivity index (χ2v) is 6.09. The largest absolute Gasteiger partial charge is 0.451 e. The molecule has 0 bridgehead atoms. The number of hydrogen-bond acceptors (Lipinski definition) is 4. The van der Waals surface area contributed by atoms with Gasteiger partial charge in [-0.25, -0.2) is 18.0 Å². The zero-order valence-electron chi connectivity index (χ0n) is 12.5. The average Bonchev–Trinajstić information content (AvgIpc) is 3.02. The molecule has 0 aliphatic rings. The summed E-state index contributed by atoms with van der Waals surface area (Å²) in [7, 11) is 0. The van der Waals surface area contributed by atoms with Crippen LogP contribution in [0.3, 0.4) is 0 Å². The Labute approximate surface area is 143 Å². The first-order valence-corrected chi connectivity index (χ1v) is 7.86. The molecule has 1 N–H and O–H groups in total. The second-order valence-electron chi connectivity index (χ2n) is 5.01. The Balaban J connectivity index is 1.64. The fourth-order valence-corrected chi connectivity index (χ4v) is 3.08. The monoisotopic (exact) mass is 365 g/mol. The van der Waals surface area contributed by atoms with E-state index in [1.807, 2.05) is 0 Å². The number of ether oxygens (including phenoxy) is 1. The molecule has 0 aliphatic carbocycles. The summed E-state index contributed by atoms with van der Waals surface area (Å²) in [5.41, 5.74) is -0.356. The fourth-order valence-electron chi connectivity index (χ4n) is 2.11. The number of carbonyl (C=O) groups is 2. The summed E-state index contributed by atoms with van der Waals surface area (Å²) in [5.74, 6) is -3.64. The molecule has 25 heavy (non-hydrogen) atoms. The summed E-state index contributed by atoms with van der Waals surface area (Å²) in [6.45, 7) is -0.689. The van der Waals surface area contributed by atoms with Crippen molar-refractivity contribution in [1.82, 2.24) is 0 Å². The third-order valence-corrected chi connectivity index (χ3v) is 4.33. The van der Waals surface area contributed by atoms with Gasteiger partial charge in [-0.15, -0.1) is 11.3 Å². The molecular formula is C17H10F3NO3S. The number of nitrogens with one attached hydrogen (secondary N) is 1. The molecule has 0 spiro atoms. The lowest BCUT2D eigenvalue weighted by Gasteiger charge is -2.07. The highest BCUT2D eigenvalue weighted by Gasteiger charge is 2.16. The van der Waals surface area contributed by atoms with Crippen molar-refractivity contribution in [2.75, 3.05) is 11.9 Å². The van der Waals surface area contributed by atoms with Crippen LogP contribution in [0.4, 0.5) is 18.9 Å². The van der Waals surface area contributed by atoms with Crippen LogP contribution in [0.5, 0.6) is 0 Å². The zero-order valence-corrected chi connectivity index (χ0v) is 13.3. The quantitative estimate of drug-likeness (QED) is 0.708. The fraction of sp³-hybridized carbons (Fsp3) is 0.0588. The Morgan fingerprint density at radius 1 is 1.04 bits per heavy atom. The molecule has 0 radical (unpaired) electrons. The van der Waals surface area contributed by atoms with Gasteiger partial charge in [-0.3, -0.25) is 4.79 Å². The Kier molecular flexibility index (Phi) is 4.71. The van der Waals surface area contributed by atoms with Crippen LogP contribution in [0.2, 0.25) is 0 Å². The van der Waals surface area contributed by atoms with Crippen molar-refractivity contribution in [1.29, 1.82) is 0 Å². The standard InChI is InChI=1S/C17H10F3NO3S/c18-9-4-5-12(20)13(6-9)21-16(22)8-24-17(23)15-7-10-11(19)2-1-3-14(10)25-15/h1-7H,8H2,(H,21,22). The van der Waals surface area contributed by atoms with Crippen LogP contribution < -0.4 is 5.32 Å². The number of fused-ring (bicyclic) bond motifs is 1. The van der Waals surface area contributed by atoms with Gasteiger partial charge in [0, 0.05) is 16.2 Å². The van der Waals surface area contributed by atoms with E-state index in [9.17, 15) is 22.8 Å². The van der Waals surface area contributed by atoms with Gasteiger partial charge in [0.05, 0.1) is 5.69 Å². The third kappa shape index (κ3) is 3.80. The van der Waals surface area contributed by atoms with Crippen LogP contribution >= 0.6 is 11.3 Å². The average molecular weight is 365 g/mol. The molecule has 8 heteroatoms. The minimum atomic E-state index is -0.829. The summed E-state index contributed by atoms with van der Waals surface area (Å²) < 4.78 is 45.5. The number of esters is 1. The highest BCUT2D eigenvalue weighted by atomic mass is 32.1. The highest BCUT2D eigenvalue weighted by Crippen LogP contribution is 2.28. The van der Waals surface area contributed by atoms with Gasteiger partial charge in [0.2, 0.25) is 0 Å². The third-order valence-electron chi connectivity index (χ3n) is 3.25. The highest BCUT2D eigenvalue weighted by molar-refractivity contribution is 7.20. The number of anilines is 1. The van der Waals surface area contributed by atoms with E-state index in [4.69, 9.17) is 4.74 Å². The molecule has 1 amide bonds. The van der Waals surface area contributed by atoms with E-state index in [0.29, 0.717) is 4.70 Å². The number of halogens is 3. The van der Waals surface area contributed by atoms with Gasteiger partial charge in [0.1, 0.15) is 22.3 Å². The molecule has 0 atom stereocenters. The summed E-state index contributed by atoms with van der Waals surface area (Å²) in [6, 6.07) is 8.36. The number of amides is 1. The summed E-state index contributed by atoms with van der Waals surface area (Å²) in [5, 5.41) is 2.39. The molecule has 0 saturated heterocycles. The Morgan fingerprint density at radius 3 is 2.60 bits per heavy atom. The van der Waals surface area contributed by atoms with Crippen LogP contribution in [0, 0.1) is 17.5 Å². The normalized spacial score (nSPS) is 10.7. The van der Waals surface area contributed by atoms with E-state index in [0.717, 1.165) is 29.5 Å². The lowest BCUT2D eigenvalue weighted by molar-refractivity contribution is -0.119. The molecule has 4 nitrogen and oxygen atoms in total. The second kappa shape index (κ2) is 6.94. The van der Waals surface area contributed by atoms with Crippen LogP contribution in [0.1, 0.15) is 9.67 Å².